The number of allylic oxidation sites excluding steroid dienone is 3. The number of rotatable bonds is 2. The van der Waals surface area contributed by atoms with Crippen LogP contribution in [0.15, 0.2) is 35.8 Å². The molecule has 0 unspecified atom stereocenters. The second-order valence-electron chi connectivity index (χ2n) is 5.99. The van der Waals surface area contributed by atoms with E-state index < -0.39 is 11.7 Å². The molecule has 4 nitrogen and oxygen atoms in total. The molecule has 106 valence electrons. The highest BCUT2D eigenvalue weighted by molar-refractivity contribution is 5.71. The van der Waals surface area contributed by atoms with Crippen LogP contribution in [0.25, 0.3) is 0 Å². The number of alkyl carbamates (subject to hydrolysis) is 1. The van der Waals surface area contributed by atoms with Crippen LogP contribution in [0.3, 0.4) is 0 Å². The molecule has 0 atom stereocenters. The van der Waals surface area contributed by atoms with Gasteiger partial charge in [-0.2, -0.15) is 0 Å². The number of ether oxygens (including phenoxy) is 1. The number of carbonyl (C=O) groups is 1. The number of amides is 1. The van der Waals surface area contributed by atoms with Gasteiger partial charge in [0, 0.05) is 18.9 Å². The molecule has 0 aliphatic carbocycles. The minimum absolute atomic E-state index is 0.437. The number of nitrogens with one attached hydrogen (secondary N) is 1. The monoisotopic (exact) mass is 264 g/mol. The van der Waals surface area contributed by atoms with E-state index >= 15 is 0 Å². The third-order valence-electron chi connectivity index (χ3n) is 2.32. The molecule has 1 aliphatic heterocycles. The van der Waals surface area contributed by atoms with Crippen LogP contribution in [-0.2, 0) is 4.74 Å². The molecule has 0 saturated carbocycles. The van der Waals surface area contributed by atoms with E-state index in [1.807, 2.05) is 51.1 Å². The summed E-state index contributed by atoms with van der Waals surface area (Å²) in [6.07, 6.45) is 7.45. The van der Waals surface area contributed by atoms with Crippen molar-refractivity contribution in [2.45, 2.75) is 40.2 Å². The molecule has 4 heteroatoms. The quantitative estimate of drug-likeness (QED) is 0.831. The molecular formula is C15H24N2O2. The maximum atomic E-state index is 11.7. The van der Waals surface area contributed by atoms with Gasteiger partial charge in [0.05, 0.1) is 5.70 Å². The van der Waals surface area contributed by atoms with Gasteiger partial charge in [-0.1, -0.05) is 19.9 Å². The number of hydrogen-bond donors (Lipinski definition) is 1. The lowest BCUT2D eigenvalue weighted by Crippen LogP contribution is -2.32. The van der Waals surface area contributed by atoms with E-state index in [-0.39, 0.29) is 0 Å². The van der Waals surface area contributed by atoms with Gasteiger partial charge < -0.3 is 9.64 Å². The van der Waals surface area contributed by atoms with Gasteiger partial charge in [-0.15, -0.1) is 0 Å². The average Bonchev–Trinajstić information content (AvgIpc) is 2.18. The maximum Gasteiger partial charge on any atom is 0.412 e. The van der Waals surface area contributed by atoms with Crippen molar-refractivity contribution >= 4 is 6.09 Å². The van der Waals surface area contributed by atoms with Crippen molar-refractivity contribution in [1.82, 2.24) is 10.2 Å². The summed E-state index contributed by atoms with van der Waals surface area (Å²) in [6, 6.07) is 0. The third kappa shape index (κ3) is 5.64. The van der Waals surface area contributed by atoms with E-state index in [1.54, 1.807) is 0 Å². The van der Waals surface area contributed by atoms with E-state index in [4.69, 9.17) is 4.74 Å². The molecule has 0 saturated heterocycles. The van der Waals surface area contributed by atoms with Gasteiger partial charge in [0.15, 0.2) is 0 Å². The van der Waals surface area contributed by atoms with Crippen LogP contribution < -0.4 is 5.32 Å². The second-order valence-corrected chi connectivity index (χ2v) is 5.99. The maximum absolute atomic E-state index is 11.7. The summed E-state index contributed by atoms with van der Waals surface area (Å²) in [6.45, 7) is 9.79. The predicted octanol–water partition coefficient (Wildman–Crippen LogP) is 3.39. The molecule has 0 aromatic rings. The number of likely N-dealkylation sites (N-methyl/N-ethyl adjacent to an activating group) is 1. The van der Waals surface area contributed by atoms with Crippen molar-refractivity contribution in [2.24, 2.45) is 5.92 Å². The van der Waals surface area contributed by atoms with E-state index in [0.29, 0.717) is 5.92 Å². The summed E-state index contributed by atoms with van der Waals surface area (Å²) in [4.78, 5) is 13.6. The Bertz CT molecular complexity index is 426. The van der Waals surface area contributed by atoms with Crippen molar-refractivity contribution in [2.75, 3.05) is 7.05 Å². The van der Waals surface area contributed by atoms with Gasteiger partial charge in [-0.25, -0.2) is 4.79 Å². The molecule has 0 spiro atoms. The Morgan fingerprint density at radius 2 is 2.00 bits per heavy atom. The molecule has 1 aliphatic rings. The zero-order valence-electron chi connectivity index (χ0n) is 12.7. The van der Waals surface area contributed by atoms with Gasteiger partial charge in [-0.3, -0.25) is 5.32 Å². The molecule has 1 amide bonds. The highest BCUT2D eigenvalue weighted by Crippen LogP contribution is 2.16. The Balaban J connectivity index is 2.65. The van der Waals surface area contributed by atoms with Crippen LogP contribution in [-0.4, -0.2) is 23.6 Å². The zero-order chi connectivity index (χ0) is 14.6. The van der Waals surface area contributed by atoms with Crippen molar-refractivity contribution in [1.29, 1.82) is 0 Å². The van der Waals surface area contributed by atoms with Gasteiger partial charge in [0.1, 0.15) is 5.60 Å². The van der Waals surface area contributed by atoms with Gasteiger partial charge >= 0.3 is 6.09 Å². The Morgan fingerprint density at radius 3 is 2.47 bits per heavy atom. The lowest BCUT2D eigenvalue weighted by Gasteiger charge is -2.24. The fourth-order valence-electron chi connectivity index (χ4n) is 1.63. The molecular weight excluding hydrogens is 240 g/mol. The largest absolute Gasteiger partial charge is 0.444 e. The summed E-state index contributed by atoms with van der Waals surface area (Å²) in [5.41, 5.74) is 1.35. The smallest absolute Gasteiger partial charge is 0.412 e. The van der Waals surface area contributed by atoms with E-state index in [9.17, 15) is 4.79 Å². The summed E-state index contributed by atoms with van der Waals surface area (Å²) in [5.74, 6) is 0.482. The molecule has 19 heavy (non-hydrogen) atoms. The number of hydrogen-bond acceptors (Lipinski definition) is 3. The first kappa shape index (κ1) is 15.3. The molecule has 0 aromatic heterocycles. The Kier molecular flexibility index (Phi) is 4.81. The second kappa shape index (κ2) is 5.95. The summed E-state index contributed by atoms with van der Waals surface area (Å²) < 4.78 is 5.21. The normalized spacial score (nSPS) is 17.7. The SMILES string of the molecule is CC(C)/C=C1/C=CC(NC(=O)OC(C)(C)C)=CN1C. The minimum Gasteiger partial charge on any atom is -0.444 e. The highest BCUT2D eigenvalue weighted by atomic mass is 16.6. The molecule has 0 fully saturated rings. The first-order valence-corrected chi connectivity index (χ1v) is 6.52. The van der Waals surface area contributed by atoms with Crippen LogP contribution in [0.1, 0.15) is 34.6 Å². The van der Waals surface area contributed by atoms with Crippen molar-refractivity contribution in [3.63, 3.8) is 0 Å². The van der Waals surface area contributed by atoms with E-state index in [2.05, 4.69) is 25.2 Å². The predicted molar refractivity (Wildman–Crippen MR) is 77.3 cm³/mol. The van der Waals surface area contributed by atoms with Crippen molar-refractivity contribution in [3.05, 3.63) is 35.8 Å². The fraction of sp³-hybridized carbons (Fsp3) is 0.533. The Hall–Kier alpha value is -1.71. The number of nitrogens with zero attached hydrogens (tertiary/aromatic N) is 1. The molecule has 1 heterocycles. The van der Waals surface area contributed by atoms with Crippen molar-refractivity contribution in [3.8, 4) is 0 Å². The van der Waals surface area contributed by atoms with Crippen molar-refractivity contribution < 1.29 is 9.53 Å². The van der Waals surface area contributed by atoms with Crippen LogP contribution >= 0.6 is 0 Å². The molecule has 1 N–H and O–H groups in total. The van der Waals surface area contributed by atoms with Crippen LogP contribution in [0.5, 0.6) is 0 Å². The summed E-state index contributed by atoms with van der Waals surface area (Å²) in [5, 5.41) is 2.72. The fourth-order valence-corrected chi connectivity index (χ4v) is 1.63. The highest BCUT2D eigenvalue weighted by Gasteiger charge is 2.17. The van der Waals surface area contributed by atoms with Crippen LogP contribution in [0, 0.1) is 5.92 Å². The van der Waals surface area contributed by atoms with Gasteiger partial charge in [0.25, 0.3) is 0 Å². The minimum atomic E-state index is -0.488. The third-order valence-corrected chi connectivity index (χ3v) is 2.32. The van der Waals surface area contributed by atoms with Gasteiger partial charge in [-0.05, 0) is 38.8 Å². The first-order chi connectivity index (χ1) is 8.67. The lowest BCUT2D eigenvalue weighted by molar-refractivity contribution is 0.0547. The molecule has 0 aromatic carbocycles. The summed E-state index contributed by atoms with van der Waals surface area (Å²) >= 11 is 0. The molecule has 0 radical (unpaired) electrons. The molecule has 1 rings (SSSR count). The van der Waals surface area contributed by atoms with E-state index in [0.717, 1.165) is 11.4 Å². The summed E-state index contributed by atoms with van der Waals surface area (Å²) in [7, 11) is 1.95. The number of carbonyl (C=O) groups excluding carboxylic acids is 1. The zero-order valence-corrected chi connectivity index (χ0v) is 12.7. The van der Waals surface area contributed by atoms with Crippen LogP contribution in [0.4, 0.5) is 4.79 Å². The molecule has 0 bridgehead atoms. The van der Waals surface area contributed by atoms with Gasteiger partial charge in [0.2, 0.25) is 0 Å². The first-order valence-electron chi connectivity index (χ1n) is 6.52. The standard InChI is InChI=1S/C15H24N2O2/c1-11(2)9-13-8-7-12(10-17(13)6)16-14(18)19-15(3,4)5/h7-11H,1-6H3,(H,16,18)/b13-9-. The van der Waals surface area contributed by atoms with Crippen LogP contribution in [0.2, 0.25) is 0 Å². The Labute approximate surface area is 115 Å². The average molecular weight is 264 g/mol. The lowest BCUT2D eigenvalue weighted by atomic mass is 10.1. The van der Waals surface area contributed by atoms with E-state index in [1.165, 1.54) is 0 Å². The topological polar surface area (TPSA) is 41.6 Å². The Morgan fingerprint density at radius 1 is 1.37 bits per heavy atom.